The normalized spacial score (nSPS) is 17.3. The lowest BCUT2D eigenvalue weighted by Gasteiger charge is -2.29. The van der Waals surface area contributed by atoms with E-state index in [-0.39, 0.29) is 59.6 Å². The van der Waals surface area contributed by atoms with Gasteiger partial charge in [-0.15, -0.1) is 0 Å². The summed E-state index contributed by atoms with van der Waals surface area (Å²) in [6.45, 7) is 10.2. The topological polar surface area (TPSA) is 211 Å². The first-order valence-electron chi connectivity index (χ1n) is 30.0. The zero-order chi connectivity index (χ0) is 59.5. The molecule has 4 amide bonds. The highest BCUT2D eigenvalue weighted by Gasteiger charge is 2.34. The molecule has 0 saturated carbocycles. The van der Waals surface area contributed by atoms with Gasteiger partial charge in [0.1, 0.15) is 0 Å². The second-order valence-electron chi connectivity index (χ2n) is 22.3. The Bertz CT molecular complexity index is 3300. The van der Waals surface area contributed by atoms with E-state index in [0.717, 1.165) is 54.1 Å². The van der Waals surface area contributed by atoms with Gasteiger partial charge in [-0.1, -0.05) is 140 Å². The van der Waals surface area contributed by atoms with Crippen molar-refractivity contribution >= 4 is 23.6 Å². The van der Waals surface area contributed by atoms with Gasteiger partial charge in [-0.2, -0.15) is 10.2 Å². The lowest BCUT2D eigenvalue weighted by molar-refractivity contribution is -0.133. The van der Waals surface area contributed by atoms with Gasteiger partial charge in [0.05, 0.1) is 46.6 Å². The minimum atomic E-state index is -0.354. The fourth-order valence-corrected chi connectivity index (χ4v) is 11.6. The molecule has 6 aromatic carbocycles. The number of carbonyl (C=O) groups is 4. The number of amides is 4. The number of hydrogen-bond donors (Lipinski definition) is 6. The van der Waals surface area contributed by atoms with E-state index in [1.165, 1.54) is 22.3 Å². The molecule has 8 N–H and O–H groups in total. The molecule has 0 unspecified atom stereocenters. The van der Waals surface area contributed by atoms with Crippen molar-refractivity contribution in [2.45, 2.75) is 95.3 Å². The molecule has 10 rings (SSSR count). The average Bonchev–Trinajstić information content (AvgIpc) is 4.16. The highest BCUT2D eigenvalue weighted by Crippen LogP contribution is 2.29. The molecular formula is C69H82N12O4. The van der Waals surface area contributed by atoms with Crippen LogP contribution in [0, 0.1) is 20.8 Å². The molecule has 16 heteroatoms. The van der Waals surface area contributed by atoms with Crippen molar-refractivity contribution in [2.75, 3.05) is 52.4 Å². The highest BCUT2D eigenvalue weighted by molar-refractivity contribution is 5.95. The standard InChI is InChI=1S/C35H42N6O2.C34H40N6O2/c1-25-22-26(2)41(39-25)31-17-15-29(16-18-31)34(42)37-23-30-19-21-40(35(43)33(38-30)14-9-20-36)24-32(27-10-5-3-6-11-27)28-12-7-4-8-13-28;1-25-30(23-37-40(25)29-16-9-4-10-17-29)33(41)36-22-28-19-21-39(34(42)32(38-28)18-11-20-35)24-31(26-12-5-2-6-13-26)27-14-7-3-8-15-27/h3-8,10-13,15-18,22,30,32-33,38H,9,14,19-21,23-24,36H2,1-2H3,(H,37,42);2-10,12-17,23,28,31-32,38H,11,18-22,24,35H2,1H3,(H,36,41)/t30-,33-;28-,32-/m00/s1. The van der Waals surface area contributed by atoms with Gasteiger partial charge in [0.25, 0.3) is 11.8 Å². The van der Waals surface area contributed by atoms with Crippen molar-refractivity contribution in [1.29, 1.82) is 0 Å². The van der Waals surface area contributed by atoms with Gasteiger partial charge in [-0.25, -0.2) is 9.36 Å². The Morgan fingerprint density at radius 2 is 0.965 bits per heavy atom. The van der Waals surface area contributed by atoms with Crippen molar-refractivity contribution in [3.8, 4) is 11.4 Å². The number of aryl methyl sites for hydroxylation is 2. The summed E-state index contributed by atoms with van der Waals surface area (Å²) in [5.41, 5.74) is 22.1. The molecule has 0 aliphatic carbocycles. The largest absolute Gasteiger partial charge is 0.350 e. The quantitative estimate of drug-likeness (QED) is 0.0382. The number of nitrogens with two attached hydrogens (primary N) is 2. The minimum Gasteiger partial charge on any atom is -0.350 e. The Hall–Kier alpha value is -8.54. The number of benzene rings is 6. The van der Waals surface area contributed by atoms with Crippen LogP contribution in [-0.2, 0) is 9.59 Å². The summed E-state index contributed by atoms with van der Waals surface area (Å²) in [5.74, 6) is 0.00609. The van der Waals surface area contributed by atoms with E-state index in [0.29, 0.717) is 76.3 Å². The molecular weight excluding hydrogens is 1060 g/mol. The third-order valence-electron chi connectivity index (χ3n) is 16.3. The van der Waals surface area contributed by atoms with Gasteiger partial charge in [-0.05, 0) is 137 Å². The molecule has 16 nitrogen and oxygen atoms in total. The molecule has 2 aliphatic rings. The van der Waals surface area contributed by atoms with E-state index in [2.05, 4.69) is 80.0 Å². The maximum atomic E-state index is 13.9. The number of nitrogens with zero attached hydrogens (tertiary/aromatic N) is 6. The Morgan fingerprint density at radius 1 is 0.553 bits per heavy atom. The Labute approximate surface area is 500 Å². The summed E-state index contributed by atoms with van der Waals surface area (Å²) in [7, 11) is 0. The van der Waals surface area contributed by atoms with Crippen LogP contribution >= 0.6 is 0 Å². The maximum Gasteiger partial charge on any atom is 0.254 e. The average molecular weight is 1140 g/mol. The van der Waals surface area contributed by atoms with Crippen LogP contribution in [0.5, 0.6) is 0 Å². The highest BCUT2D eigenvalue weighted by atomic mass is 16.2. The number of carbonyl (C=O) groups excluding carboxylic acids is 4. The van der Waals surface area contributed by atoms with Gasteiger partial charge in [0.15, 0.2) is 0 Å². The SMILES string of the molecule is Cc1c(C(=O)NC[C@@H]2CCN(CC(c3ccccc3)c3ccccc3)C(=O)[C@H](CCCN)N2)cnn1-c1ccccc1.Cc1cc(C)n(-c2ccc(C(=O)NC[C@@H]3CCN(CC(c4ccccc4)c4ccccc4)C(=O)[C@H](CCCN)N3)cc2)n1. The fraction of sp³-hybridized carbons (Fsp3) is 0.333. The van der Waals surface area contributed by atoms with Crippen molar-refractivity contribution in [3.05, 3.63) is 239 Å². The van der Waals surface area contributed by atoms with E-state index in [9.17, 15) is 19.2 Å². The predicted molar refractivity (Wildman–Crippen MR) is 336 cm³/mol. The Balaban J connectivity index is 0.000000204. The number of nitrogens with one attached hydrogen (secondary N) is 4. The number of para-hydroxylation sites is 1. The van der Waals surface area contributed by atoms with Gasteiger partial charge in [-0.3, -0.25) is 19.2 Å². The van der Waals surface area contributed by atoms with E-state index < -0.39 is 0 Å². The van der Waals surface area contributed by atoms with Crippen LogP contribution in [-0.4, -0.2) is 130 Å². The molecule has 0 radical (unpaired) electrons. The van der Waals surface area contributed by atoms with Crippen LogP contribution in [0.1, 0.15) is 110 Å². The first-order valence-corrected chi connectivity index (χ1v) is 30.0. The monoisotopic (exact) mass is 1140 g/mol. The lowest BCUT2D eigenvalue weighted by atomic mass is 9.90. The second-order valence-corrected chi connectivity index (χ2v) is 22.3. The molecule has 2 saturated heterocycles. The first kappa shape index (κ1) is 61.0. The second kappa shape index (κ2) is 30.3. The summed E-state index contributed by atoms with van der Waals surface area (Å²) in [6, 6.07) is 59.9. The van der Waals surface area contributed by atoms with Gasteiger partial charge >= 0.3 is 0 Å². The number of hydrogen-bond acceptors (Lipinski definition) is 10. The summed E-state index contributed by atoms with van der Waals surface area (Å²) >= 11 is 0. The zero-order valence-corrected chi connectivity index (χ0v) is 49.2. The van der Waals surface area contributed by atoms with Crippen molar-refractivity contribution < 1.29 is 19.2 Å². The molecule has 4 atom stereocenters. The Morgan fingerprint density at radius 3 is 1.38 bits per heavy atom. The number of aromatic nitrogens is 4. The summed E-state index contributed by atoms with van der Waals surface area (Å²) in [5, 5.41) is 22.3. The fourth-order valence-electron chi connectivity index (χ4n) is 11.6. The molecule has 2 fully saturated rings. The third kappa shape index (κ3) is 16.2. The van der Waals surface area contributed by atoms with Gasteiger partial charge in [0.2, 0.25) is 11.8 Å². The number of rotatable bonds is 22. The third-order valence-corrected chi connectivity index (χ3v) is 16.3. The van der Waals surface area contributed by atoms with Crippen molar-refractivity contribution in [1.82, 2.24) is 50.6 Å². The van der Waals surface area contributed by atoms with Crippen LogP contribution in [0.3, 0.4) is 0 Å². The molecule has 0 bridgehead atoms. The van der Waals surface area contributed by atoms with Crippen LogP contribution in [0.4, 0.5) is 0 Å². The zero-order valence-electron chi connectivity index (χ0n) is 49.2. The smallest absolute Gasteiger partial charge is 0.254 e. The van der Waals surface area contributed by atoms with E-state index >= 15 is 0 Å². The summed E-state index contributed by atoms with van der Waals surface area (Å²) in [4.78, 5) is 58.0. The van der Waals surface area contributed by atoms with Gasteiger partial charge < -0.3 is 42.5 Å². The molecule has 2 aliphatic heterocycles. The van der Waals surface area contributed by atoms with Crippen molar-refractivity contribution in [3.63, 3.8) is 0 Å². The van der Waals surface area contributed by atoms with Crippen molar-refractivity contribution in [2.24, 2.45) is 11.5 Å². The van der Waals surface area contributed by atoms with Crippen LogP contribution in [0.25, 0.3) is 11.4 Å². The summed E-state index contributed by atoms with van der Waals surface area (Å²) in [6.07, 6.45) is 5.88. The molecule has 8 aromatic rings. The molecule has 2 aromatic heterocycles. The minimum absolute atomic E-state index is 0.0402. The molecule has 4 heterocycles. The lowest BCUT2D eigenvalue weighted by Crippen LogP contribution is -2.49. The maximum absolute atomic E-state index is 13.9. The summed E-state index contributed by atoms with van der Waals surface area (Å²) < 4.78 is 3.64. The van der Waals surface area contributed by atoms with E-state index in [4.69, 9.17) is 11.5 Å². The molecule has 85 heavy (non-hydrogen) atoms. The molecule has 0 spiro atoms. The molecule has 442 valence electrons. The van der Waals surface area contributed by atoms with E-state index in [1.807, 2.05) is 169 Å². The van der Waals surface area contributed by atoms with E-state index in [1.54, 1.807) is 10.9 Å². The first-order chi connectivity index (χ1) is 41.5. The van der Waals surface area contributed by atoms with Crippen LogP contribution < -0.4 is 32.7 Å². The predicted octanol–water partition coefficient (Wildman–Crippen LogP) is 8.39. The van der Waals surface area contributed by atoms with Crippen LogP contribution in [0.2, 0.25) is 0 Å². The van der Waals surface area contributed by atoms with Crippen LogP contribution in [0.15, 0.2) is 188 Å². The Kier molecular flexibility index (Phi) is 21.8. The van der Waals surface area contributed by atoms with Gasteiger partial charge in [0, 0.05) is 74.4 Å².